The molecular weight excluding hydrogens is 330 g/mol. The van der Waals surface area contributed by atoms with Crippen molar-refractivity contribution in [1.29, 1.82) is 0 Å². The molecule has 2 rings (SSSR count). The molecular formula is C21H25NO4. The predicted molar refractivity (Wildman–Crippen MR) is 102 cm³/mol. The van der Waals surface area contributed by atoms with Crippen LogP contribution in [0.5, 0.6) is 5.75 Å². The molecule has 138 valence electrons. The number of rotatable bonds is 7. The van der Waals surface area contributed by atoms with Crippen molar-refractivity contribution in [2.24, 2.45) is 0 Å². The number of anilines is 1. The molecule has 2 aromatic carbocycles. The summed E-state index contributed by atoms with van der Waals surface area (Å²) < 4.78 is 10.9. The first-order valence-corrected chi connectivity index (χ1v) is 8.77. The summed E-state index contributed by atoms with van der Waals surface area (Å²) in [5.41, 5.74) is 2.81. The van der Waals surface area contributed by atoms with E-state index in [1.54, 1.807) is 25.1 Å². The van der Waals surface area contributed by atoms with Gasteiger partial charge in [0.2, 0.25) is 0 Å². The second-order valence-corrected chi connectivity index (χ2v) is 6.02. The summed E-state index contributed by atoms with van der Waals surface area (Å²) in [5.74, 6) is 0.0255. The van der Waals surface area contributed by atoms with E-state index < -0.39 is 12.1 Å². The highest BCUT2D eigenvalue weighted by atomic mass is 16.5. The Hall–Kier alpha value is -2.82. The van der Waals surface area contributed by atoms with E-state index in [0.29, 0.717) is 30.0 Å². The Bertz CT molecular complexity index is 785. The molecule has 0 radical (unpaired) electrons. The van der Waals surface area contributed by atoms with Crippen molar-refractivity contribution in [3.05, 3.63) is 59.2 Å². The minimum atomic E-state index is -0.623. The molecule has 0 saturated heterocycles. The van der Waals surface area contributed by atoms with Crippen molar-refractivity contribution >= 4 is 17.6 Å². The number of amides is 1. The van der Waals surface area contributed by atoms with Crippen LogP contribution in [-0.2, 0) is 9.53 Å². The van der Waals surface area contributed by atoms with Gasteiger partial charge in [0.1, 0.15) is 5.75 Å². The highest BCUT2D eigenvalue weighted by Gasteiger charge is 2.20. The van der Waals surface area contributed by atoms with Gasteiger partial charge in [-0.15, -0.1) is 0 Å². The van der Waals surface area contributed by atoms with Crippen LogP contribution in [-0.4, -0.2) is 24.6 Å². The number of carbonyl (C=O) groups excluding carboxylic acids is 2. The summed E-state index contributed by atoms with van der Waals surface area (Å²) in [7, 11) is 0. The molecule has 2 aromatic rings. The zero-order valence-corrected chi connectivity index (χ0v) is 15.7. The highest BCUT2D eigenvalue weighted by Crippen LogP contribution is 2.21. The molecule has 0 spiro atoms. The van der Waals surface area contributed by atoms with E-state index in [1.165, 1.54) is 0 Å². The van der Waals surface area contributed by atoms with E-state index in [-0.39, 0.29) is 5.91 Å². The van der Waals surface area contributed by atoms with Gasteiger partial charge in [-0.1, -0.05) is 31.2 Å². The number of hydrogen-bond acceptors (Lipinski definition) is 4. The number of nitrogens with one attached hydrogen (secondary N) is 1. The van der Waals surface area contributed by atoms with Gasteiger partial charge >= 0.3 is 5.97 Å². The third-order valence-corrected chi connectivity index (χ3v) is 4.03. The van der Waals surface area contributed by atoms with Gasteiger partial charge in [0.15, 0.2) is 6.10 Å². The van der Waals surface area contributed by atoms with Gasteiger partial charge in [-0.05, 0) is 56.5 Å². The maximum atomic E-state index is 12.7. The van der Waals surface area contributed by atoms with Crippen LogP contribution in [0.2, 0.25) is 0 Å². The first-order chi connectivity index (χ1) is 12.5. The number of benzene rings is 2. The standard InChI is InChI=1S/C21H25NO4/c1-5-18(26-19-10-8-7-9-15(19)4)20(23)22-17-13-16(12-11-14(17)3)21(24)25-6-2/h7-13,18H,5-6H2,1-4H3,(H,22,23)/t18-/m0/s1. The molecule has 0 bridgehead atoms. The first kappa shape index (κ1) is 19.5. The normalized spacial score (nSPS) is 11.5. The molecule has 1 N–H and O–H groups in total. The lowest BCUT2D eigenvalue weighted by Gasteiger charge is -2.19. The molecule has 0 aromatic heterocycles. The number of carbonyl (C=O) groups is 2. The van der Waals surface area contributed by atoms with Crippen LogP contribution in [0.3, 0.4) is 0 Å². The van der Waals surface area contributed by atoms with E-state index >= 15 is 0 Å². The average Bonchev–Trinajstić information content (AvgIpc) is 2.63. The predicted octanol–water partition coefficient (Wildman–Crippen LogP) is 4.28. The molecule has 0 unspecified atom stereocenters. The fourth-order valence-corrected chi connectivity index (χ4v) is 2.48. The molecule has 5 heteroatoms. The van der Waals surface area contributed by atoms with Crippen LogP contribution >= 0.6 is 0 Å². The van der Waals surface area contributed by atoms with E-state index in [0.717, 1.165) is 11.1 Å². The molecule has 5 nitrogen and oxygen atoms in total. The Kier molecular flexibility index (Phi) is 6.78. The maximum Gasteiger partial charge on any atom is 0.338 e. The minimum Gasteiger partial charge on any atom is -0.480 e. The zero-order valence-electron chi connectivity index (χ0n) is 15.7. The Morgan fingerprint density at radius 3 is 2.42 bits per heavy atom. The van der Waals surface area contributed by atoms with E-state index in [4.69, 9.17) is 9.47 Å². The van der Waals surface area contributed by atoms with Crippen molar-refractivity contribution < 1.29 is 19.1 Å². The monoisotopic (exact) mass is 355 g/mol. The summed E-state index contributed by atoms with van der Waals surface area (Å²) in [4.78, 5) is 24.6. The minimum absolute atomic E-state index is 0.250. The largest absolute Gasteiger partial charge is 0.480 e. The number of hydrogen-bond donors (Lipinski definition) is 1. The fourth-order valence-electron chi connectivity index (χ4n) is 2.48. The molecule has 0 aliphatic heterocycles. The van der Waals surface area contributed by atoms with Crippen molar-refractivity contribution in [3.63, 3.8) is 0 Å². The number of para-hydroxylation sites is 1. The van der Waals surface area contributed by atoms with E-state index in [9.17, 15) is 9.59 Å². The van der Waals surface area contributed by atoms with Crippen molar-refractivity contribution in [3.8, 4) is 5.75 Å². The Morgan fingerprint density at radius 2 is 1.77 bits per heavy atom. The first-order valence-electron chi connectivity index (χ1n) is 8.77. The number of ether oxygens (including phenoxy) is 2. The van der Waals surface area contributed by atoms with Crippen LogP contribution in [0.4, 0.5) is 5.69 Å². The van der Waals surface area contributed by atoms with E-state index in [2.05, 4.69) is 5.32 Å². The van der Waals surface area contributed by atoms with Crippen LogP contribution in [0, 0.1) is 13.8 Å². The SMILES string of the molecule is CCOC(=O)c1ccc(C)c(NC(=O)[C@H](CC)Oc2ccccc2C)c1. The van der Waals surface area contributed by atoms with Crippen molar-refractivity contribution in [2.45, 2.75) is 40.2 Å². The Labute approximate surface area is 154 Å². The van der Waals surface area contributed by atoms with Crippen LogP contribution in [0.1, 0.15) is 41.8 Å². The average molecular weight is 355 g/mol. The zero-order chi connectivity index (χ0) is 19.1. The summed E-state index contributed by atoms with van der Waals surface area (Å²) >= 11 is 0. The van der Waals surface area contributed by atoms with Gasteiger partial charge in [-0.2, -0.15) is 0 Å². The molecule has 1 amide bonds. The molecule has 1 atom stereocenters. The van der Waals surface area contributed by atoms with Gasteiger partial charge < -0.3 is 14.8 Å². The van der Waals surface area contributed by atoms with Gasteiger partial charge in [0, 0.05) is 5.69 Å². The smallest absolute Gasteiger partial charge is 0.338 e. The summed E-state index contributed by atoms with van der Waals surface area (Å²) in [6.07, 6.45) is -0.0988. The van der Waals surface area contributed by atoms with Crippen molar-refractivity contribution in [2.75, 3.05) is 11.9 Å². The highest BCUT2D eigenvalue weighted by molar-refractivity contribution is 5.97. The third kappa shape index (κ3) is 4.85. The summed E-state index contributed by atoms with van der Waals surface area (Å²) in [6.45, 7) is 7.76. The number of esters is 1. The fraction of sp³-hybridized carbons (Fsp3) is 0.333. The Balaban J connectivity index is 2.15. The van der Waals surface area contributed by atoms with Crippen LogP contribution < -0.4 is 10.1 Å². The quantitative estimate of drug-likeness (QED) is 0.753. The molecule has 0 aliphatic rings. The third-order valence-electron chi connectivity index (χ3n) is 4.03. The molecule has 0 aliphatic carbocycles. The maximum absolute atomic E-state index is 12.7. The molecule has 0 heterocycles. The van der Waals surface area contributed by atoms with Gasteiger partial charge in [0.25, 0.3) is 5.91 Å². The van der Waals surface area contributed by atoms with Crippen LogP contribution in [0.15, 0.2) is 42.5 Å². The topological polar surface area (TPSA) is 64.6 Å². The Morgan fingerprint density at radius 1 is 1.04 bits per heavy atom. The molecule has 26 heavy (non-hydrogen) atoms. The lowest BCUT2D eigenvalue weighted by atomic mass is 10.1. The lowest BCUT2D eigenvalue weighted by molar-refractivity contribution is -0.122. The van der Waals surface area contributed by atoms with Crippen LogP contribution in [0.25, 0.3) is 0 Å². The lowest BCUT2D eigenvalue weighted by Crippen LogP contribution is -2.32. The molecule has 0 saturated carbocycles. The van der Waals surface area contributed by atoms with Crippen molar-refractivity contribution in [1.82, 2.24) is 0 Å². The summed E-state index contributed by atoms with van der Waals surface area (Å²) in [5, 5.41) is 2.87. The second-order valence-electron chi connectivity index (χ2n) is 6.02. The van der Waals surface area contributed by atoms with Gasteiger partial charge in [-0.25, -0.2) is 4.79 Å². The summed E-state index contributed by atoms with van der Waals surface area (Å²) in [6, 6.07) is 12.7. The second kappa shape index (κ2) is 9.04. The number of aryl methyl sites for hydroxylation is 2. The van der Waals surface area contributed by atoms with Gasteiger partial charge in [0.05, 0.1) is 12.2 Å². The van der Waals surface area contributed by atoms with Gasteiger partial charge in [-0.3, -0.25) is 4.79 Å². The molecule has 0 fully saturated rings. The van der Waals surface area contributed by atoms with E-state index in [1.807, 2.05) is 45.0 Å².